The van der Waals surface area contributed by atoms with Gasteiger partial charge in [0.05, 0.1) is 6.61 Å². The standard InChI is InChI=1S/C14H18ClNOS/c15-11-6-9-3-4-17-14(9)10(7-11)8-12(16)13-2-1-5-18-13/h6-7,12-13H,1-5,8,16H2. The second-order valence-corrected chi connectivity index (χ2v) is 6.85. The van der Waals surface area contributed by atoms with Gasteiger partial charge in [-0.3, -0.25) is 0 Å². The number of nitrogens with two attached hydrogens (primary N) is 1. The molecule has 0 radical (unpaired) electrons. The molecule has 0 spiro atoms. The van der Waals surface area contributed by atoms with Crippen LogP contribution in [0.3, 0.4) is 0 Å². The average Bonchev–Trinajstić information content (AvgIpc) is 2.98. The Labute approximate surface area is 117 Å². The molecule has 4 heteroatoms. The van der Waals surface area contributed by atoms with Crippen LogP contribution in [-0.4, -0.2) is 23.7 Å². The summed E-state index contributed by atoms with van der Waals surface area (Å²) in [5.41, 5.74) is 8.77. The number of hydrogen-bond donors (Lipinski definition) is 1. The Kier molecular flexibility index (Phi) is 3.73. The molecule has 2 nitrogen and oxygen atoms in total. The summed E-state index contributed by atoms with van der Waals surface area (Å²) in [5, 5.41) is 1.40. The molecule has 2 atom stereocenters. The van der Waals surface area contributed by atoms with E-state index in [-0.39, 0.29) is 6.04 Å². The molecule has 0 aromatic heterocycles. The van der Waals surface area contributed by atoms with Crippen LogP contribution >= 0.6 is 23.4 Å². The van der Waals surface area contributed by atoms with E-state index in [1.165, 1.54) is 29.7 Å². The van der Waals surface area contributed by atoms with E-state index in [1.54, 1.807) is 0 Å². The van der Waals surface area contributed by atoms with Crippen molar-refractivity contribution < 1.29 is 4.74 Å². The fourth-order valence-corrected chi connectivity index (χ4v) is 4.40. The summed E-state index contributed by atoms with van der Waals surface area (Å²) in [4.78, 5) is 0. The zero-order valence-corrected chi connectivity index (χ0v) is 11.9. The first kappa shape index (κ1) is 12.6. The lowest BCUT2D eigenvalue weighted by molar-refractivity contribution is 0.352. The summed E-state index contributed by atoms with van der Waals surface area (Å²) in [7, 11) is 0. The smallest absolute Gasteiger partial charge is 0.125 e. The minimum absolute atomic E-state index is 0.212. The van der Waals surface area contributed by atoms with E-state index in [0.717, 1.165) is 30.2 Å². The van der Waals surface area contributed by atoms with Crippen LogP contribution < -0.4 is 10.5 Å². The Morgan fingerprint density at radius 1 is 1.50 bits per heavy atom. The molecule has 0 bridgehead atoms. The summed E-state index contributed by atoms with van der Waals surface area (Å²) >= 11 is 8.18. The first-order valence-electron chi connectivity index (χ1n) is 6.55. The largest absolute Gasteiger partial charge is 0.493 e. The Morgan fingerprint density at radius 3 is 3.17 bits per heavy atom. The SMILES string of the molecule is NC(Cc1cc(Cl)cc2c1OCC2)C1CCCS1. The highest BCUT2D eigenvalue weighted by molar-refractivity contribution is 8.00. The summed E-state index contributed by atoms with van der Waals surface area (Å²) in [6, 6.07) is 4.25. The molecule has 2 unspecified atom stereocenters. The first-order valence-corrected chi connectivity index (χ1v) is 7.98. The molecular formula is C14H18ClNOS. The molecule has 2 heterocycles. The van der Waals surface area contributed by atoms with Gasteiger partial charge < -0.3 is 10.5 Å². The van der Waals surface area contributed by atoms with Gasteiger partial charge in [-0.1, -0.05) is 11.6 Å². The summed E-state index contributed by atoms with van der Waals surface area (Å²) < 4.78 is 5.73. The number of benzene rings is 1. The van der Waals surface area contributed by atoms with Crippen molar-refractivity contribution in [2.24, 2.45) is 5.73 Å². The number of rotatable bonds is 3. The lowest BCUT2D eigenvalue weighted by Gasteiger charge is -2.19. The van der Waals surface area contributed by atoms with Gasteiger partial charge in [0.25, 0.3) is 0 Å². The van der Waals surface area contributed by atoms with Gasteiger partial charge in [0.2, 0.25) is 0 Å². The van der Waals surface area contributed by atoms with Gasteiger partial charge in [0.15, 0.2) is 0 Å². The zero-order chi connectivity index (χ0) is 12.5. The van der Waals surface area contributed by atoms with Crippen molar-refractivity contribution in [1.29, 1.82) is 0 Å². The molecule has 0 amide bonds. The zero-order valence-electron chi connectivity index (χ0n) is 10.3. The highest BCUT2D eigenvalue weighted by Crippen LogP contribution is 2.35. The molecule has 1 aromatic carbocycles. The van der Waals surface area contributed by atoms with Crippen LogP contribution in [0.5, 0.6) is 5.75 Å². The van der Waals surface area contributed by atoms with Crippen molar-refractivity contribution in [1.82, 2.24) is 0 Å². The van der Waals surface area contributed by atoms with Crippen molar-refractivity contribution in [3.05, 3.63) is 28.3 Å². The lowest BCUT2D eigenvalue weighted by atomic mass is 9.99. The summed E-state index contributed by atoms with van der Waals surface area (Å²) in [6.45, 7) is 0.774. The van der Waals surface area contributed by atoms with Crippen LogP contribution in [0.4, 0.5) is 0 Å². The Bertz CT molecular complexity index is 446. The first-order chi connectivity index (χ1) is 8.74. The summed E-state index contributed by atoms with van der Waals surface area (Å²) in [5.74, 6) is 2.29. The molecule has 18 heavy (non-hydrogen) atoms. The van der Waals surface area contributed by atoms with Gasteiger partial charge in [-0.05, 0) is 48.3 Å². The highest BCUT2D eigenvalue weighted by atomic mass is 35.5. The molecule has 2 N–H and O–H groups in total. The van der Waals surface area contributed by atoms with E-state index >= 15 is 0 Å². The van der Waals surface area contributed by atoms with Gasteiger partial charge in [-0.15, -0.1) is 0 Å². The molecule has 1 saturated heterocycles. The van der Waals surface area contributed by atoms with E-state index in [9.17, 15) is 0 Å². The monoisotopic (exact) mass is 283 g/mol. The Hall–Kier alpha value is -0.380. The maximum Gasteiger partial charge on any atom is 0.125 e. The van der Waals surface area contributed by atoms with Crippen LogP contribution in [0.1, 0.15) is 24.0 Å². The quantitative estimate of drug-likeness (QED) is 0.926. The topological polar surface area (TPSA) is 35.2 Å². The third-order valence-electron chi connectivity index (χ3n) is 3.72. The third kappa shape index (κ3) is 2.49. The molecule has 98 valence electrons. The minimum atomic E-state index is 0.212. The molecular weight excluding hydrogens is 266 g/mol. The second kappa shape index (κ2) is 5.32. The molecule has 0 saturated carbocycles. The maximum atomic E-state index is 6.34. The number of halogens is 1. The fourth-order valence-electron chi connectivity index (χ4n) is 2.82. The van der Waals surface area contributed by atoms with Gasteiger partial charge in [-0.25, -0.2) is 0 Å². The lowest BCUT2D eigenvalue weighted by Crippen LogP contribution is -2.33. The van der Waals surface area contributed by atoms with Crippen LogP contribution in [0.2, 0.25) is 5.02 Å². The average molecular weight is 284 g/mol. The molecule has 1 aromatic rings. The molecule has 0 aliphatic carbocycles. The molecule has 3 rings (SSSR count). The Balaban J connectivity index is 1.79. The Morgan fingerprint density at radius 2 is 2.39 bits per heavy atom. The van der Waals surface area contributed by atoms with E-state index < -0.39 is 0 Å². The number of thioether (sulfide) groups is 1. The van der Waals surface area contributed by atoms with Gasteiger partial charge >= 0.3 is 0 Å². The van der Waals surface area contributed by atoms with Crippen molar-refractivity contribution in [3.8, 4) is 5.75 Å². The van der Waals surface area contributed by atoms with Gasteiger partial charge in [-0.2, -0.15) is 11.8 Å². The predicted molar refractivity (Wildman–Crippen MR) is 77.8 cm³/mol. The van der Waals surface area contributed by atoms with E-state index in [4.69, 9.17) is 22.1 Å². The minimum Gasteiger partial charge on any atom is -0.493 e. The van der Waals surface area contributed by atoms with Gasteiger partial charge in [0, 0.05) is 22.7 Å². The number of fused-ring (bicyclic) bond motifs is 1. The second-order valence-electron chi connectivity index (χ2n) is 5.07. The predicted octanol–water partition coefficient (Wildman–Crippen LogP) is 3.04. The molecule has 2 aliphatic rings. The number of hydrogen-bond acceptors (Lipinski definition) is 3. The van der Waals surface area contributed by atoms with Crippen molar-refractivity contribution in [2.75, 3.05) is 12.4 Å². The third-order valence-corrected chi connectivity index (χ3v) is 5.48. The van der Waals surface area contributed by atoms with Gasteiger partial charge in [0.1, 0.15) is 5.75 Å². The van der Waals surface area contributed by atoms with Crippen LogP contribution in [0, 0.1) is 0 Å². The van der Waals surface area contributed by atoms with E-state index in [0.29, 0.717) is 5.25 Å². The summed E-state index contributed by atoms with van der Waals surface area (Å²) in [6.07, 6.45) is 4.39. The van der Waals surface area contributed by atoms with Crippen molar-refractivity contribution in [2.45, 2.75) is 37.0 Å². The molecule has 1 fully saturated rings. The van der Waals surface area contributed by atoms with Crippen LogP contribution in [0.25, 0.3) is 0 Å². The van der Waals surface area contributed by atoms with E-state index in [2.05, 4.69) is 0 Å². The number of ether oxygens (including phenoxy) is 1. The normalized spacial score (nSPS) is 23.8. The maximum absolute atomic E-state index is 6.34. The van der Waals surface area contributed by atoms with E-state index in [1.807, 2.05) is 23.9 Å². The van der Waals surface area contributed by atoms with Crippen LogP contribution in [-0.2, 0) is 12.8 Å². The van der Waals surface area contributed by atoms with Crippen LogP contribution in [0.15, 0.2) is 12.1 Å². The van der Waals surface area contributed by atoms with Crippen molar-refractivity contribution >= 4 is 23.4 Å². The molecule has 2 aliphatic heterocycles. The fraction of sp³-hybridized carbons (Fsp3) is 0.571. The highest BCUT2D eigenvalue weighted by Gasteiger charge is 2.25. The van der Waals surface area contributed by atoms with Crippen molar-refractivity contribution in [3.63, 3.8) is 0 Å².